The molecule has 15 heavy (non-hydrogen) atoms. The Kier molecular flexibility index (Phi) is 2.86. The third-order valence-corrected chi connectivity index (χ3v) is 2.13. The largest absolute Gasteiger partial charge is 0.458 e. The third kappa shape index (κ3) is 2.69. The quantitative estimate of drug-likeness (QED) is 0.700. The van der Waals surface area contributed by atoms with E-state index in [1.165, 1.54) is 10.9 Å². The lowest BCUT2D eigenvalue weighted by Crippen LogP contribution is -2.21. The summed E-state index contributed by atoms with van der Waals surface area (Å²) in [6.07, 6.45) is 3.75. The zero-order valence-electron chi connectivity index (χ0n) is 8.26. The summed E-state index contributed by atoms with van der Waals surface area (Å²) in [7, 11) is 0. The molecule has 1 saturated heterocycles. The summed E-state index contributed by atoms with van der Waals surface area (Å²) in [6, 6.07) is 0. The van der Waals surface area contributed by atoms with E-state index in [4.69, 9.17) is 15.2 Å². The Balaban J connectivity index is 1.81. The zero-order valence-corrected chi connectivity index (χ0v) is 8.26. The lowest BCUT2D eigenvalue weighted by Gasteiger charge is -2.09. The smallest absolute Gasteiger partial charge is 0.328 e. The number of carbonyl (C=O) groups excluding carboxylic acids is 1. The van der Waals surface area contributed by atoms with Crippen LogP contribution in [0.1, 0.15) is 6.42 Å². The number of hydrogen-bond acceptors (Lipinski definition) is 5. The average molecular weight is 211 g/mol. The van der Waals surface area contributed by atoms with Crippen molar-refractivity contribution in [3.63, 3.8) is 0 Å². The highest BCUT2D eigenvalue weighted by atomic mass is 16.6. The fraction of sp³-hybridized carbons (Fsp3) is 0.556. The van der Waals surface area contributed by atoms with Gasteiger partial charge in [0.05, 0.1) is 25.1 Å². The summed E-state index contributed by atoms with van der Waals surface area (Å²) < 4.78 is 11.7. The normalized spacial score (nSPS) is 20.4. The van der Waals surface area contributed by atoms with E-state index in [9.17, 15) is 4.79 Å². The van der Waals surface area contributed by atoms with Gasteiger partial charge >= 0.3 is 5.97 Å². The van der Waals surface area contributed by atoms with Crippen LogP contribution in [0.4, 0.5) is 5.69 Å². The van der Waals surface area contributed by atoms with Crippen molar-refractivity contribution in [3.05, 3.63) is 12.4 Å². The van der Waals surface area contributed by atoms with E-state index >= 15 is 0 Å². The van der Waals surface area contributed by atoms with Gasteiger partial charge in [-0.2, -0.15) is 5.10 Å². The van der Waals surface area contributed by atoms with E-state index in [0.29, 0.717) is 18.9 Å². The molecular formula is C9H13N3O3. The number of nitrogens with two attached hydrogens (primary N) is 1. The van der Waals surface area contributed by atoms with Crippen molar-refractivity contribution in [2.24, 2.45) is 0 Å². The number of nitrogen functional groups attached to an aromatic ring is 1. The molecule has 0 radical (unpaired) electrons. The Labute approximate surface area is 87.0 Å². The molecule has 0 saturated carbocycles. The van der Waals surface area contributed by atoms with Crippen LogP contribution in [0, 0.1) is 0 Å². The molecule has 0 bridgehead atoms. The molecule has 1 aliphatic rings. The zero-order chi connectivity index (χ0) is 10.7. The van der Waals surface area contributed by atoms with Crippen LogP contribution < -0.4 is 5.73 Å². The van der Waals surface area contributed by atoms with Crippen molar-refractivity contribution < 1.29 is 14.3 Å². The summed E-state index contributed by atoms with van der Waals surface area (Å²) in [6.45, 7) is 1.24. The summed E-state index contributed by atoms with van der Waals surface area (Å²) in [5.41, 5.74) is 6.00. The van der Waals surface area contributed by atoms with E-state index in [2.05, 4.69) is 5.10 Å². The van der Waals surface area contributed by atoms with Crippen molar-refractivity contribution in [1.82, 2.24) is 9.78 Å². The second kappa shape index (κ2) is 4.31. The van der Waals surface area contributed by atoms with Gasteiger partial charge in [0.15, 0.2) is 0 Å². The highest BCUT2D eigenvalue weighted by Crippen LogP contribution is 2.08. The SMILES string of the molecule is Nc1cnn(CC(=O)OC2CCOC2)c1. The van der Waals surface area contributed by atoms with E-state index in [0.717, 1.165) is 6.42 Å². The number of nitrogens with zero attached hydrogens (tertiary/aromatic N) is 2. The molecule has 6 heteroatoms. The molecule has 1 atom stereocenters. The Morgan fingerprint density at radius 3 is 3.27 bits per heavy atom. The third-order valence-electron chi connectivity index (χ3n) is 2.13. The summed E-state index contributed by atoms with van der Waals surface area (Å²) >= 11 is 0. The van der Waals surface area contributed by atoms with Gasteiger partial charge in [0, 0.05) is 12.6 Å². The molecule has 0 spiro atoms. The molecule has 2 N–H and O–H groups in total. The topological polar surface area (TPSA) is 79.4 Å². The van der Waals surface area contributed by atoms with Gasteiger partial charge in [0.25, 0.3) is 0 Å². The van der Waals surface area contributed by atoms with Gasteiger partial charge in [-0.25, -0.2) is 0 Å². The molecule has 1 aliphatic heterocycles. The lowest BCUT2D eigenvalue weighted by molar-refractivity contribution is -0.149. The van der Waals surface area contributed by atoms with Gasteiger partial charge in [0.2, 0.25) is 0 Å². The number of carbonyl (C=O) groups is 1. The minimum absolute atomic E-state index is 0.0910. The molecule has 1 fully saturated rings. The van der Waals surface area contributed by atoms with Crippen LogP contribution in [-0.2, 0) is 20.8 Å². The molecule has 0 aromatic carbocycles. The molecule has 0 aliphatic carbocycles. The van der Waals surface area contributed by atoms with Crippen molar-refractivity contribution in [2.75, 3.05) is 18.9 Å². The second-order valence-electron chi connectivity index (χ2n) is 3.45. The van der Waals surface area contributed by atoms with Crippen molar-refractivity contribution >= 4 is 11.7 Å². The van der Waals surface area contributed by atoms with Gasteiger partial charge in [-0.3, -0.25) is 9.48 Å². The Hall–Kier alpha value is -1.56. The molecule has 1 unspecified atom stereocenters. The highest BCUT2D eigenvalue weighted by Gasteiger charge is 2.19. The van der Waals surface area contributed by atoms with Crippen molar-refractivity contribution in [2.45, 2.75) is 19.1 Å². The maximum Gasteiger partial charge on any atom is 0.328 e. The first-order valence-corrected chi connectivity index (χ1v) is 4.79. The van der Waals surface area contributed by atoms with E-state index in [-0.39, 0.29) is 18.6 Å². The maximum absolute atomic E-state index is 11.4. The standard InChI is InChI=1S/C9H13N3O3/c10-7-3-11-12(4-7)5-9(13)15-8-1-2-14-6-8/h3-4,8H,1-2,5-6,10H2. The lowest BCUT2D eigenvalue weighted by atomic mass is 10.3. The number of ether oxygens (including phenoxy) is 2. The number of aromatic nitrogens is 2. The van der Waals surface area contributed by atoms with Crippen LogP contribution in [0.5, 0.6) is 0 Å². The van der Waals surface area contributed by atoms with Crippen LogP contribution in [0.25, 0.3) is 0 Å². The molecule has 2 heterocycles. The Morgan fingerprint density at radius 2 is 2.67 bits per heavy atom. The number of hydrogen-bond donors (Lipinski definition) is 1. The molecular weight excluding hydrogens is 198 g/mol. The minimum Gasteiger partial charge on any atom is -0.458 e. The predicted octanol–water partition coefficient (Wildman–Crippen LogP) is -0.203. The minimum atomic E-state index is -0.311. The van der Waals surface area contributed by atoms with E-state index < -0.39 is 0 Å². The van der Waals surface area contributed by atoms with E-state index in [1.54, 1.807) is 6.20 Å². The molecule has 1 aromatic rings. The van der Waals surface area contributed by atoms with Crippen LogP contribution in [0.3, 0.4) is 0 Å². The van der Waals surface area contributed by atoms with Crippen LogP contribution in [-0.4, -0.2) is 35.1 Å². The van der Waals surface area contributed by atoms with Crippen LogP contribution in [0.2, 0.25) is 0 Å². The molecule has 6 nitrogen and oxygen atoms in total. The van der Waals surface area contributed by atoms with Crippen molar-refractivity contribution in [1.29, 1.82) is 0 Å². The summed E-state index contributed by atoms with van der Waals surface area (Å²) in [4.78, 5) is 11.4. The van der Waals surface area contributed by atoms with E-state index in [1.807, 2.05) is 0 Å². The van der Waals surface area contributed by atoms with Crippen molar-refractivity contribution in [3.8, 4) is 0 Å². The van der Waals surface area contributed by atoms with Gasteiger partial charge in [0.1, 0.15) is 12.6 Å². The van der Waals surface area contributed by atoms with Gasteiger partial charge in [-0.1, -0.05) is 0 Å². The first-order valence-electron chi connectivity index (χ1n) is 4.79. The van der Waals surface area contributed by atoms with Crippen LogP contribution >= 0.6 is 0 Å². The molecule has 0 amide bonds. The molecule has 82 valence electrons. The number of esters is 1. The number of anilines is 1. The summed E-state index contributed by atoms with van der Waals surface area (Å²) in [5.74, 6) is -0.311. The first kappa shape index (κ1) is 9.97. The molecule has 1 aromatic heterocycles. The predicted molar refractivity (Wildman–Crippen MR) is 52.0 cm³/mol. The number of rotatable bonds is 3. The fourth-order valence-electron chi connectivity index (χ4n) is 1.43. The fourth-order valence-corrected chi connectivity index (χ4v) is 1.43. The molecule has 2 rings (SSSR count). The van der Waals surface area contributed by atoms with Gasteiger partial charge < -0.3 is 15.2 Å². The maximum atomic E-state index is 11.4. The van der Waals surface area contributed by atoms with Crippen LogP contribution in [0.15, 0.2) is 12.4 Å². The summed E-state index contributed by atoms with van der Waals surface area (Å²) in [5, 5.41) is 3.89. The Bertz CT molecular complexity index is 344. The average Bonchev–Trinajstić information content (AvgIpc) is 2.77. The second-order valence-corrected chi connectivity index (χ2v) is 3.45. The monoisotopic (exact) mass is 211 g/mol. The van der Waals surface area contributed by atoms with Gasteiger partial charge in [-0.05, 0) is 0 Å². The first-order chi connectivity index (χ1) is 7.24. The Morgan fingerprint density at radius 1 is 1.80 bits per heavy atom. The van der Waals surface area contributed by atoms with Gasteiger partial charge in [-0.15, -0.1) is 0 Å². The highest BCUT2D eigenvalue weighted by molar-refractivity contribution is 5.69.